The first-order valence-corrected chi connectivity index (χ1v) is 19.0. The van der Waals surface area contributed by atoms with Gasteiger partial charge in [-0.1, -0.05) is 60.2 Å². The number of amides is 4. The van der Waals surface area contributed by atoms with Gasteiger partial charge in [0.15, 0.2) is 0 Å². The summed E-state index contributed by atoms with van der Waals surface area (Å²) < 4.78 is 5.63. The molecule has 0 aromatic heterocycles. The van der Waals surface area contributed by atoms with Crippen LogP contribution in [-0.4, -0.2) is 41.9 Å². The Hall–Kier alpha value is -6.52. The molecule has 4 aliphatic rings. The maximum Gasteiger partial charge on any atom is 0.238 e. The first kappa shape index (κ1) is 35.2. The third-order valence-corrected chi connectivity index (χ3v) is 11.6. The Kier molecular flexibility index (Phi) is 9.19. The molecule has 0 unspecified atom stereocenters. The number of imide groups is 2. The van der Waals surface area contributed by atoms with Crippen LogP contribution < -0.4 is 25.2 Å². The van der Waals surface area contributed by atoms with E-state index in [4.69, 9.17) is 4.74 Å². The van der Waals surface area contributed by atoms with Crippen LogP contribution in [-0.2, 0) is 19.2 Å². The van der Waals surface area contributed by atoms with Gasteiger partial charge in [-0.05, 0) is 109 Å². The first-order chi connectivity index (χ1) is 27.4. The van der Waals surface area contributed by atoms with Gasteiger partial charge in [0.25, 0.3) is 0 Å². The number of nitrogens with zero attached hydrogens (tertiary/aromatic N) is 2. The molecule has 56 heavy (non-hydrogen) atoms. The van der Waals surface area contributed by atoms with E-state index < -0.39 is 35.5 Å². The van der Waals surface area contributed by atoms with E-state index in [1.807, 2.05) is 97.1 Å². The zero-order chi connectivity index (χ0) is 38.3. The summed E-state index contributed by atoms with van der Waals surface area (Å²) >= 11 is 0. The van der Waals surface area contributed by atoms with Crippen LogP contribution in [0.2, 0.25) is 0 Å². The van der Waals surface area contributed by atoms with E-state index in [2.05, 4.69) is 16.7 Å². The Morgan fingerprint density at radius 1 is 0.554 bits per heavy atom. The molecule has 2 aliphatic heterocycles. The molecule has 1 saturated carbocycles. The fourth-order valence-electron chi connectivity index (χ4n) is 9.17. The molecule has 280 valence electrons. The molecule has 3 N–H and O–H groups in total. The van der Waals surface area contributed by atoms with Gasteiger partial charge < -0.3 is 20.5 Å². The number of anilines is 6. The minimum atomic E-state index is -0.694. The number of aliphatic hydroxyl groups excluding tert-OH is 1. The summed E-state index contributed by atoms with van der Waals surface area (Å²) in [5.41, 5.74) is 6.21. The molecule has 4 amide bonds. The number of carbonyl (C=O) groups is 4. The Morgan fingerprint density at radius 2 is 1.05 bits per heavy atom. The number of nitrogens with one attached hydrogen (secondary N) is 2. The average Bonchev–Trinajstić information content (AvgIpc) is 3.64. The lowest BCUT2D eigenvalue weighted by Crippen LogP contribution is -2.43. The molecule has 5 aromatic rings. The summed E-state index contributed by atoms with van der Waals surface area (Å²) in [4.78, 5) is 60.3. The topological polar surface area (TPSA) is 128 Å². The van der Waals surface area contributed by atoms with Crippen LogP contribution in [0.25, 0.3) is 0 Å². The summed E-state index contributed by atoms with van der Waals surface area (Å²) in [7, 11) is 0. The SMILES string of the molecule is O=C1[C@H]2[C@H](CC=C3[C@H]2C[C@H]2C(=O)N(c4ccc(Nc5ccccc5)cc4)C(=O)[C@H]2[C@H]3c2ccc(OCCO)cc2)C(=O)N1c1ccc(Nc2ccccc2)cc1. The van der Waals surface area contributed by atoms with Crippen molar-refractivity contribution in [2.24, 2.45) is 29.6 Å². The van der Waals surface area contributed by atoms with Gasteiger partial charge in [-0.3, -0.25) is 29.0 Å². The zero-order valence-corrected chi connectivity index (χ0v) is 30.5. The number of carbonyl (C=O) groups excluding carboxylic acids is 4. The molecule has 3 fully saturated rings. The van der Waals surface area contributed by atoms with E-state index in [1.54, 1.807) is 36.4 Å². The van der Waals surface area contributed by atoms with Gasteiger partial charge in [0.05, 0.1) is 41.7 Å². The van der Waals surface area contributed by atoms with Crippen LogP contribution >= 0.6 is 0 Å². The van der Waals surface area contributed by atoms with Gasteiger partial charge >= 0.3 is 0 Å². The van der Waals surface area contributed by atoms with Gasteiger partial charge in [-0.15, -0.1) is 0 Å². The fraction of sp³-hybridized carbons (Fsp3) is 0.217. The summed E-state index contributed by atoms with van der Waals surface area (Å²) in [5.74, 6) is -4.07. The van der Waals surface area contributed by atoms with E-state index in [1.165, 1.54) is 9.80 Å². The molecule has 2 heterocycles. The van der Waals surface area contributed by atoms with Crippen LogP contribution in [0.4, 0.5) is 34.1 Å². The Bertz CT molecular complexity index is 2310. The van der Waals surface area contributed by atoms with Crippen LogP contribution in [0.5, 0.6) is 5.75 Å². The molecular weight excluding hydrogens is 705 g/mol. The number of rotatable bonds is 10. The van der Waals surface area contributed by atoms with Crippen LogP contribution in [0.1, 0.15) is 24.3 Å². The lowest BCUT2D eigenvalue weighted by atomic mass is 9.57. The monoisotopic (exact) mass is 744 g/mol. The Labute approximate surface area is 324 Å². The molecule has 5 aromatic carbocycles. The molecule has 2 saturated heterocycles. The van der Waals surface area contributed by atoms with Crippen LogP contribution in [0, 0.1) is 29.6 Å². The standard InChI is InChI=1S/C46H40N4O6/c51-25-26-56-35-21-11-28(12-22-35)40-36-23-24-37-41(45(54)49(43(37)52)33-17-13-31(14-18-33)47-29-7-3-1-4-8-29)38(36)27-39-42(40)46(55)50(44(39)53)34-19-15-32(16-20-34)48-30-9-5-2-6-10-30/h1-23,37-42,47-48,51H,24-27H2/t37-,38+,39+,40-,41-,42+/m0/s1. The Morgan fingerprint density at radius 3 is 1.59 bits per heavy atom. The molecule has 6 atom stereocenters. The van der Waals surface area contributed by atoms with Crippen molar-refractivity contribution < 1.29 is 29.0 Å². The second-order valence-corrected chi connectivity index (χ2v) is 14.8. The van der Waals surface area contributed by atoms with E-state index in [-0.39, 0.29) is 43.3 Å². The van der Waals surface area contributed by atoms with Crippen molar-refractivity contribution in [3.8, 4) is 5.75 Å². The molecule has 10 nitrogen and oxygen atoms in total. The third kappa shape index (κ3) is 6.21. The van der Waals surface area contributed by atoms with Gasteiger partial charge in [-0.25, -0.2) is 0 Å². The van der Waals surface area contributed by atoms with Crippen molar-refractivity contribution >= 4 is 57.8 Å². The highest BCUT2D eigenvalue weighted by Crippen LogP contribution is 2.58. The number of fused-ring (bicyclic) bond motifs is 4. The maximum atomic E-state index is 14.6. The maximum absolute atomic E-state index is 14.6. The second-order valence-electron chi connectivity index (χ2n) is 14.8. The van der Waals surface area contributed by atoms with Gasteiger partial charge in [0.1, 0.15) is 12.4 Å². The Balaban J connectivity index is 1.03. The molecule has 9 rings (SSSR count). The zero-order valence-electron chi connectivity index (χ0n) is 30.5. The molecule has 0 bridgehead atoms. The number of ether oxygens (including phenoxy) is 1. The van der Waals surface area contributed by atoms with Crippen molar-refractivity contribution in [3.63, 3.8) is 0 Å². The van der Waals surface area contributed by atoms with Crippen molar-refractivity contribution in [2.45, 2.75) is 18.8 Å². The number of benzene rings is 5. The number of hydrogen-bond acceptors (Lipinski definition) is 8. The molecule has 2 aliphatic carbocycles. The predicted octanol–water partition coefficient (Wildman–Crippen LogP) is 7.59. The molecule has 10 heteroatoms. The van der Waals surface area contributed by atoms with Gasteiger partial charge in [0.2, 0.25) is 23.6 Å². The molecule has 0 spiro atoms. The van der Waals surface area contributed by atoms with E-state index in [0.717, 1.165) is 33.9 Å². The lowest BCUT2D eigenvalue weighted by molar-refractivity contribution is -0.126. The van der Waals surface area contributed by atoms with E-state index in [0.29, 0.717) is 23.5 Å². The minimum absolute atomic E-state index is 0.126. The van der Waals surface area contributed by atoms with Gasteiger partial charge in [-0.2, -0.15) is 0 Å². The number of allylic oxidation sites excluding steroid dienone is 2. The van der Waals surface area contributed by atoms with E-state index >= 15 is 0 Å². The van der Waals surface area contributed by atoms with Crippen molar-refractivity contribution in [1.29, 1.82) is 0 Å². The highest BCUT2D eigenvalue weighted by Gasteiger charge is 2.62. The van der Waals surface area contributed by atoms with Crippen molar-refractivity contribution in [1.82, 2.24) is 0 Å². The summed E-state index contributed by atoms with van der Waals surface area (Å²) in [5, 5.41) is 16.0. The van der Waals surface area contributed by atoms with Crippen LogP contribution in [0.15, 0.2) is 145 Å². The fourth-order valence-corrected chi connectivity index (χ4v) is 9.17. The third-order valence-electron chi connectivity index (χ3n) is 11.6. The number of hydrogen-bond donors (Lipinski definition) is 3. The minimum Gasteiger partial charge on any atom is -0.491 e. The average molecular weight is 745 g/mol. The second kappa shape index (κ2) is 14.6. The normalized spacial score (nSPS) is 24.0. The van der Waals surface area contributed by atoms with E-state index in [9.17, 15) is 24.3 Å². The largest absolute Gasteiger partial charge is 0.491 e. The quantitative estimate of drug-likeness (QED) is 0.0987. The smallest absolute Gasteiger partial charge is 0.238 e. The highest BCUT2D eigenvalue weighted by atomic mass is 16.5. The summed E-state index contributed by atoms with van der Waals surface area (Å²) in [6.45, 7) is 0.0176. The number of para-hydroxylation sites is 2. The first-order valence-electron chi connectivity index (χ1n) is 19.0. The van der Waals surface area contributed by atoms with Crippen LogP contribution in [0.3, 0.4) is 0 Å². The summed E-state index contributed by atoms with van der Waals surface area (Å²) in [6.07, 6.45) is 2.70. The van der Waals surface area contributed by atoms with Gasteiger partial charge in [0, 0.05) is 28.7 Å². The predicted molar refractivity (Wildman–Crippen MR) is 214 cm³/mol. The highest BCUT2D eigenvalue weighted by molar-refractivity contribution is 6.24. The van der Waals surface area contributed by atoms with Crippen molar-refractivity contribution in [2.75, 3.05) is 33.6 Å². The molecule has 0 radical (unpaired) electrons. The van der Waals surface area contributed by atoms with Crippen molar-refractivity contribution in [3.05, 3.63) is 151 Å². The summed E-state index contributed by atoms with van der Waals surface area (Å²) in [6, 6.07) is 41.4. The lowest BCUT2D eigenvalue weighted by Gasteiger charge is -2.44. The molecular formula is C46H40N4O6. The number of aliphatic hydroxyl groups is 1.